The van der Waals surface area contributed by atoms with Crippen molar-refractivity contribution in [2.75, 3.05) is 0 Å². The van der Waals surface area contributed by atoms with E-state index in [1.165, 1.54) is 38.1 Å². The van der Waals surface area contributed by atoms with Gasteiger partial charge in [-0.25, -0.2) is 0 Å². The number of phenolic OH excluding ortho intramolecular Hbond substituents is 2. The third-order valence-electron chi connectivity index (χ3n) is 3.81. The topological polar surface area (TPSA) is 80.9 Å². The summed E-state index contributed by atoms with van der Waals surface area (Å²) >= 11 is 0. The Morgan fingerprint density at radius 3 is 1.10 bits per heavy atom. The van der Waals surface area contributed by atoms with Gasteiger partial charge in [0.2, 0.25) is 0 Å². The summed E-state index contributed by atoms with van der Waals surface area (Å²) in [7, 11) is 0. The van der Waals surface area contributed by atoms with Crippen LogP contribution in [0.3, 0.4) is 0 Å². The zero-order chi connectivity index (χ0) is 15.0. The van der Waals surface area contributed by atoms with Crippen LogP contribution >= 0.6 is 0 Å². The van der Waals surface area contributed by atoms with Crippen LogP contribution in [0.5, 0.6) is 11.5 Å². The molecule has 0 aliphatic heterocycles. The van der Waals surface area contributed by atoms with E-state index < -0.39 is 11.2 Å². The normalized spacial score (nSPS) is 17.2. The number of rotatable bonds is 3. The highest BCUT2D eigenvalue weighted by Gasteiger charge is 2.44. The lowest BCUT2D eigenvalue weighted by molar-refractivity contribution is -0.143. The van der Waals surface area contributed by atoms with Crippen LogP contribution in [0.4, 0.5) is 0 Å². The SMILES string of the molecule is CC(O)(c1ccc(O)cc1)C(C)(O)c1ccc(O)cc1. The van der Waals surface area contributed by atoms with E-state index in [4.69, 9.17) is 0 Å². The predicted octanol–water partition coefficient (Wildman–Crippen LogP) is 2.21. The van der Waals surface area contributed by atoms with Crippen LogP contribution in [-0.4, -0.2) is 20.4 Å². The van der Waals surface area contributed by atoms with Crippen molar-refractivity contribution in [1.82, 2.24) is 0 Å². The molecular formula is C16H18O4. The molecule has 2 unspecified atom stereocenters. The van der Waals surface area contributed by atoms with Crippen molar-refractivity contribution in [3.63, 3.8) is 0 Å². The van der Waals surface area contributed by atoms with Gasteiger partial charge in [0.1, 0.15) is 22.7 Å². The molecule has 0 aliphatic rings. The van der Waals surface area contributed by atoms with E-state index >= 15 is 0 Å². The van der Waals surface area contributed by atoms with Gasteiger partial charge in [0.05, 0.1) is 0 Å². The van der Waals surface area contributed by atoms with Gasteiger partial charge in [0.25, 0.3) is 0 Å². The fraction of sp³-hybridized carbons (Fsp3) is 0.250. The van der Waals surface area contributed by atoms with E-state index in [-0.39, 0.29) is 11.5 Å². The Bertz CT molecular complexity index is 527. The molecule has 0 bridgehead atoms. The van der Waals surface area contributed by atoms with Crippen molar-refractivity contribution < 1.29 is 20.4 Å². The molecule has 0 saturated carbocycles. The van der Waals surface area contributed by atoms with Gasteiger partial charge in [-0.2, -0.15) is 0 Å². The minimum absolute atomic E-state index is 0.0915. The Labute approximate surface area is 117 Å². The van der Waals surface area contributed by atoms with Gasteiger partial charge in [-0.15, -0.1) is 0 Å². The molecule has 2 atom stereocenters. The molecular weight excluding hydrogens is 256 g/mol. The molecule has 0 amide bonds. The molecule has 2 aromatic rings. The smallest absolute Gasteiger partial charge is 0.119 e. The van der Waals surface area contributed by atoms with Gasteiger partial charge in [0, 0.05) is 0 Å². The van der Waals surface area contributed by atoms with Crippen molar-refractivity contribution >= 4 is 0 Å². The van der Waals surface area contributed by atoms with Crippen LogP contribution < -0.4 is 0 Å². The maximum absolute atomic E-state index is 10.7. The predicted molar refractivity (Wildman–Crippen MR) is 75.4 cm³/mol. The molecule has 2 aromatic carbocycles. The quantitative estimate of drug-likeness (QED) is 0.692. The van der Waals surface area contributed by atoms with Gasteiger partial charge in [-0.3, -0.25) is 0 Å². The highest BCUT2D eigenvalue weighted by Crippen LogP contribution is 2.40. The fourth-order valence-electron chi connectivity index (χ4n) is 2.13. The number of hydrogen-bond donors (Lipinski definition) is 4. The Morgan fingerprint density at radius 2 is 0.850 bits per heavy atom. The fourth-order valence-corrected chi connectivity index (χ4v) is 2.13. The number of hydrogen-bond acceptors (Lipinski definition) is 4. The first-order chi connectivity index (χ1) is 9.25. The summed E-state index contributed by atoms with van der Waals surface area (Å²) in [5.74, 6) is 0.183. The number of phenols is 2. The summed E-state index contributed by atoms with van der Waals surface area (Å²) in [6.45, 7) is 3.01. The van der Waals surface area contributed by atoms with Gasteiger partial charge in [0.15, 0.2) is 0 Å². The van der Waals surface area contributed by atoms with Gasteiger partial charge < -0.3 is 20.4 Å². The Kier molecular flexibility index (Phi) is 3.46. The number of benzene rings is 2. The summed E-state index contributed by atoms with van der Waals surface area (Å²) in [5.41, 5.74) is -2.16. The minimum atomic E-state index is -1.56. The van der Waals surface area contributed by atoms with Crippen molar-refractivity contribution in [3.05, 3.63) is 59.7 Å². The summed E-state index contributed by atoms with van der Waals surface area (Å²) in [4.78, 5) is 0. The average Bonchev–Trinajstić information content (AvgIpc) is 2.39. The highest BCUT2D eigenvalue weighted by atomic mass is 16.4. The number of aliphatic hydroxyl groups is 2. The lowest BCUT2D eigenvalue weighted by Gasteiger charge is -2.39. The van der Waals surface area contributed by atoms with Crippen molar-refractivity contribution in [1.29, 1.82) is 0 Å². The minimum Gasteiger partial charge on any atom is -0.508 e. The van der Waals surface area contributed by atoms with Gasteiger partial charge in [-0.05, 0) is 49.2 Å². The third kappa shape index (κ3) is 2.35. The summed E-state index contributed by atoms with van der Waals surface area (Å²) < 4.78 is 0. The van der Waals surface area contributed by atoms with Gasteiger partial charge in [-0.1, -0.05) is 24.3 Å². The van der Waals surface area contributed by atoms with Crippen molar-refractivity contribution in [2.24, 2.45) is 0 Å². The summed E-state index contributed by atoms with van der Waals surface area (Å²) in [5, 5.41) is 40.1. The maximum Gasteiger partial charge on any atom is 0.119 e. The van der Waals surface area contributed by atoms with E-state index in [0.29, 0.717) is 11.1 Å². The monoisotopic (exact) mass is 274 g/mol. The summed E-state index contributed by atoms with van der Waals surface area (Å²) in [6, 6.07) is 12.1. The molecule has 4 heteroatoms. The Balaban J connectivity index is 2.45. The molecule has 0 spiro atoms. The molecule has 0 heterocycles. The molecule has 20 heavy (non-hydrogen) atoms. The lowest BCUT2D eigenvalue weighted by Crippen LogP contribution is -2.45. The first kappa shape index (κ1) is 14.4. The molecule has 0 saturated heterocycles. The zero-order valence-corrected chi connectivity index (χ0v) is 11.4. The van der Waals surface area contributed by atoms with Gasteiger partial charge >= 0.3 is 0 Å². The molecule has 0 aliphatic carbocycles. The van der Waals surface area contributed by atoms with Crippen molar-refractivity contribution in [2.45, 2.75) is 25.0 Å². The van der Waals surface area contributed by atoms with E-state index in [9.17, 15) is 20.4 Å². The van der Waals surface area contributed by atoms with E-state index in [1.807, 2.05) is 0 Å². The first-order valence-corrected chi connectivity index (χ1v) is 6.29. The second-order valence-corrected chi connectivity index (χ2v) is 5.24. The molecule has 0 radical (unpaired) electrons. The molecule has 2 rings (SSSR count). The molecule has 0 aromatic heterocycles. The molecule has 4 nitrogen and oxygen atoms in total. The largest absolute Gasteiger partial charge is 0.508 e. The summed E-state index contributed by atoms with van der Waals surface area (Å²) in [6.07, 6.45) is 0. The second kappa shape index (κ2) is 4.81. The highest BCUT2D eigenvalue weighted by molar-refractivity contribution is 5.37. The van der Waals surface area contributed by atoms with Crippen LogP contribution in [0.15, 0.2) is 48.5 Å². The molecule has 0 fully saturated rings. The maximum atomic E-state index is 10.7. The molecule has 106 valence electrons. The standard InChI is InChI=1S/C16H18O4/c1-15(19,11-3-7-13(17)8-4-11)16(2,20)12-5-9-14(18)10-6-12/h3-10,17-20H,1-2H3. The number of aromatic hydroxyl groups is 2. The van der Waals surface area contributed by atoms with Crippen LogP contribution in [0.1, 0.15) is 25.0 Å². The third-order valence-corrected chi connectivity index (χ3v) is 3.81. The van der Waals surface area contributed by atoms with Crippen LogP contribution in [-0.2, 0) is 11.2 Å². The zero-order valence-electron chi connectivity index (χ0n) is 11.4. The second-order valence-electron chi connectivity index (χ2n) is 5.24. The van der Waals surface area contributed by atoms with E-state index in [2.05, 4.69) is 0 Å². The van der Waals surface area contributed by atoms with E-state index in [1.54, 1.807) is 24.3 Å². The van der Waals surface area contributed by atoms with Crippen molar-refractivity contribution in [3.8, 4) is 11.5 Å². The Hall–Kier alpha value is -2.04. The first-order valence-electron chi connectivity index (χ1n) is 6.29. The molecule has 4 N–H and O–H groups in total. The van der Waals surface area contributed by atoms with Crippen LogP contribution in [0.25, 0.3) is 0 Å². The lowest BCUT2D eigenvalue weighted by atomic mass is 9.76. The van der Waals surface area contributed by atoms with Crippen LogP contribution in [0.2, 0.25) is 0 Å². The average molecular weight is 274 g/mol. The van der Waals surface area contributed by atoms with E-state index in [0.717, 1.165) is 0 Å². The Morgan fingerprint density at radius 1 is 0.600 bits per heavy atom. The van der Waals surface area contributed by atoms with Crippen LogP contribution in [0, 0.1) is 0 Å².